The third-order valence-electron chi connectivity index (χ3n) is 5.67. The molecule has 1 aliphatic heterocycles. The van der Waals surface area contributed by atoms with Gasteiger partial charge in [0.05, 0.1) is 6.54 Å². The molecule has 8 heteroatoms. The first kappa shape index (κ1) is 20.1. The zero-order valence-electron chi connectivity index (χ0n) is 17.6. The van der Waals surface area contributed by atoms with E-state index in [0.29, 0.717) is 24.7 Å². The number of anilines is 1. The molecule has 0 radical (unpaired) electrons. The zero-order valence-corrected chi connectivity index (χ0v) is 17.6. The van der Waals surface area contributed by atoms with Crippen molar-refractivity contribution < 1.29 is 9.21 Å². The number of piperazine rings is 1. The number of rotatable bonds is 6. The van der Waals surface area contributed by atoms with Crippen molar-refractivity contribution in [3.05, 3.63) is 84.3 Å². The summed E-state index contributed by atoms with van der Waals surface area (Å²) < 4.78 is 5.57. The second-order valence-corrected chi connectivity index (χ2v) is 7.76. The van der Waals surface area contributed by atoms with E-state index in [2.05, 4.69) is 48.3 Å². The van der Waals surface area contributed by atoms with E-state index in [0.717, 1.165) is 48.5 Å². The largest absolute Gasteiger partial charge is 0.447 e. The predicted molar refractivity (Wildman–Crippen MR) is 121 cm³/mol. The molecule has 5 rings (SSSR count). The maximum Gasteiger partial charge on any atom is 0.273 e. The fourth-order valence-corrected chi connectivity index (χ4v) is 3.95. The topological polar surface area (TPSA) is 87.4 Å². The number of oxazole rings is 1. The first-order chi connectivity index (χ1) is 15.8. The third kappa shape index (κ3) is 4.45. The Bertz CT molecular complexity index is 1200. The van der Waals surface area contributed by atoms with Gasteiger partial charge in [-0.1, -0.05) is 42.5 Å². The van der Waals surface area contributed by atoms with Gasteiger partial charge in [-0.05, 0) is 22.4 Å². The quantitative estimate of drug-likeness (QED) is 0.505. The highest BCUT2D eigenvalue weighted by Crippen LogP contribution is 2.18. The molecule has 0 unspecified atom stereocenters. The van der Waals surface area contributed by atoms with Gasteiger partial charge in [0.25, 0.3) is 5.91 Å². The van der Waals surface area contributed by atoms with Crippen LogP contribution >= 0.6 is 0 Å². The van der Waals surface area contributed by atoms with Crippen molar-refractivity contribution >= 4 is 22.6 Å². The predicted octanol–water partition coefficient (Wildman–Crippen LogP) is 2.87. The van der Waals surface area contributed by atoms with Crippen molar-refractivity contribution in [1.29, 1.82) is 0 Å². The van der Waals surface area contributed by atoms with Gasteiger partial charge in [0, 0.05) is 45.1 Å². The number of nitrogens with zero attached hydrogens (tertiary/aromatic N) is 5. The van der Waals surface area contributed by atoms with Crippen LogP contribution in [0.1, 0.15) is 21.9 Å². The van der Waals surface area contributed by atoms with Gasteiger partial charge in [-0.2, -0.15) is 0 Å². The molecule has 0 atom stereocenters. The van der Waals surface area contributed by atoms with Crippen LogP contribution in [0.5, 0.6) is 0 Å². The number of hydrogen-bond acceptors (Lipinski definition) is 7. The van der Waals surface area contributed by atoms with Crippen LogP contribution in [-0.4, -0.2) is 51.9 Å². The molecule has 0 saturated carbocycles. The number of aromatic nitrogens is 3. The summed E-state index contributed by atoms with van der Waals surface area (Å²) in [5, 5.41) is 5.24. The Morgan fingerprint density at radius 2 is 1.75 bits per heavy atom. The summed E-state index contributed by atoms with van der Waals surface area (Å²) in [6.07, 6.45) is 4.95. The molecule has 1 aliphatic rings. The van der Waals surface area contributed by atoms with Gasteiger partial charge >= 0.3 is 0 Å². The molecule has 32 heavy (non-hydrogen) atoms. The highest BCUT2D eigenvalue weighted by molar-refractivity contribution is 5.92. The van der Waals surface area contributed by atoms with Gasteiger partial charge in [0.15, 0.2) is 5.69 Å². The summed E-state index contributed by atoms with van der Waals surface area (Å²) in [7, 11) is 0. The average Bonchev–Trinajstić information content (AvgIpc) is 3.32. The highest BCUT2D eigenvalue weighted by atomic mass is 16.3. The number of benzene rings is 2. The molecule has 2 aromatic carbocycles. The lowest BCUT2D eigenvalue weighted by Crippen LogP contribution is -2.46. The summed E-state index contributed by atoms with van der Waals surface area (Å²) in [4.78, 5) is 30.0. The molecule has 1 amide bonds. The van der Waals surface area contributed by atoms with E-state index in [9.17, 15) is 4.79 Å². The Kier molecular flexibility index (Phi) is 5.76. The summed E-state index contributed by atoms with van der Waals surface area (Å²) in [6, 6.07) is 16.1. The molecule has 4 aromatic rings. The van der Waals surface area contributed by atoms with Crippen LogP contribution in [0.25, 0.3) is 10.8 Å². The van der Waals surface area contributed by atoms with Gasteiger partial charge in [-0.25, -0.2) is 15.0 Å². The van der Waals surface area contributed by atoms with Crippen LogP contribution < -0.4 is 10.2 Å². The minimum atomic E-state index is -0.237. The van der Waals surface area contributed by atoms with Crippen LogP contribution in [0.15, 0.2) is 71.6 Å². The minimum Gasteiger partial charge on any atom is -0.447 e. The minimum absolute atomic E-state index is 0.237. The van der Waals surface area contributed by atoms with E-state index >= 15 is 0 Å². The van der Waals surface area contributed by atoms with Gasteiger partial charge in [-0.3, -0.25) is 9.69 Å². The summed E-state index contributed by atoms with van der Waals surface area (Å²) >= 11 is 0. The highest BCUT2D eigenvalue weighted by Gasteiger charge is 2.21. The Labute approximate surface area is 185 Å². The summed E-state index contributed by atoms with van der Waals surface area (Å²) in [5.74, 6) is 1.07. The monoisotopic (exact) mass is 428 g/mol. The number of amides is 1. The normalized spacial score (nSPS) is 14.6. The second kappa shape index (κ2) is 9.15. The second-order valence-electron chi connectivity index (χ2n) is 7.76. The van der Waals surface area contributed by atoms with E-state index in [1.807, 2.05) is 30.3 Å². The van der Waals surface area contributed by atoms with Crippen LogP contribution in [0.2, 0.25) is 0 Å². The molecule has 2 aromatic heterocycles. The number of fused-ring (bicyclic) bond motifs is 1. The number of carbonyl (C=O) groups excluding carboxylic acids is 1. The Hall–Kier alpha value is -3.78. The van der Waals surface area contributed by atoms with Crippen molar-refractivity contribution in [3.8, 4) is 0 Å². The lowest BCUT2D eigenvalue weighted by atomic mass is 10.0. The molecule has 1 N–H and O–H groups in total. The summed E-state index contributed by atoms with van der Waals surface area (Å²) in [6.45, 7) is 4.38. The summed E-state index contributed by atoms with van der Waals surface area (Å²) in [5.41, 5.74) is 1.37. The SMILES string of the molecule is O=C(NCc1cccc2ccccc12)c1coc(CN2CCN(c3ncccn3)CC2)n1. The van der Waals surface area contributed by atoms with Gasteiger partial charge < -0.3 is 14.6 Å². The molecule has 0 spiro atoms. The third-order valence-corrected chi connectivity index (χ3v) is 5.67. The van der Waals surface area contributed by atoms with Gasteiger partial charge in [0.1, 0.15) is 6.26 Å². The van der Waals surface area contributed by atoms with Crippen molar-refractivity contribution in [2.24, 2.45) is 0 Å². The van der Waals surface area contributed by atoms with E-state index in [1.165, 1.54) is 6.26 Å². The van der Waals surface area contributed by atoms with Crippen molar-refractivity contribution in [2.45, 2.75) is 13.1 Å². The molecular formula is C24H24N6O2. The van der Waals surface area contributed by atoms with Crippen molar-refractivity contribution in [2.75, 3.05) is 31.1 Å². The van der Waals surface area contributed by atoms with Crippen LogP contribution in [0, 0.1) is 0 Å². The van der Waals surface area contributed by atoms with E-state index in [1.54, 1.807) is 12.4 Å². The van der Waals surface area contributed by atoms with Gasteiger partial charge in [0.2, 0.25) is 11.8 Å². The fourth-order valence-electron chi connectivity index (χ4n) is 3.95. The lowest BCUT2D eigenvalue weighted by Gasteiger charge is -2.33. The van der Waals surface area contributed by atoms with E-state index in [-0.39, 0.29) is 5.91 Å². The van der Waals surface area contributed by atoms with Crippen LogP contribution in [0.4, 0.5) is 5.95 Å². The van der Waals surface area contributed by atoms with Crippen molar-refractivity contribution in [1.82, 2.24) is 25.2 Å². The molecule has 8 nitrogen and oxygen atoms in total. The van der Waals surface area contributed by atoms with Gasteiger partial charge in [-0.15, -0.1) is 0 Å². The Morgan fingerprint density at radius 3 is 2.59 bits per heavy atom. The maximum absolute atomic E-state index is 12.6. The van der Waals surface area contributed by atoms with E-state index in [4.69, 9.17) is 4.42 Å². The van der Waals surface area contributed by atoms with Crippen LogP contribution in [-0.2, 0) is 13.1 Å². The molecule has 1 fully saturated rings. The van der Waals surface area contributed by atoms with E-state index < -0.39 is 0 Å². The molecule has 3 heterocycles. The molecular weight excluding hydrogens is 404 g/mol. The molecule has 0 aliphatic carbocycles. The number of hydrogen-bond donors (Lipinski definition) is 1. The number of carbonyl (C=O) groups is 1. The molecule has 0 bridgehead atoms. The molecule has 162 valence electrons. The molecule has 1 saturated heterocycles. The first-order valence-electron chi connectivity index (χ1n) is 10.7. The lowest BCUT2D eigenvalue weighted by molar-refractivity contribution is 0.0946. The standard InChI is InChI=1S/C24H24N6O2/c31-23(27-15-19-7-3-6-18-5-1-2-8-20(18)19)21-17-32-22(28-21)16-29-11-13-30(14-12-29)24-25-9-4-10-26-24/h1-10,17H,11-16H2,(H,27,31). The Balaban J connectivity index is 1.15. The average molecular weight is 428 g/mol. The Morgan fingerprint density at radius 1 is 0.969 bits per heavy atom. The smallest absolute Gasteiger partial charge is 0.273 e. The van der Waals surface area contributed by atoms with Crippen LogP contribution in [0.3, 0.4) is 0 Å². The van der Waals surface area contributed by atoms with Crippen molar-refractivity contribution in [3.63, 3.8) is 0 Å². The maximum atomic E-state index is 12.6. The first-order valence-corrected chi connectivity index (χ1v) is 10.7. The fraction of sp³-hybridized carbons (Fsp3) is 0.250. The number of nitrogens with one attached hydrogen (secondary N) is 1. The zero-order chi connectivity index (χ0) is 21.8.